The van der Waals surface area contributed by atoms with E-state index in [0.29, 0.717) is 31.5 Å². The Morgan fingerprint density at radius 3 is 2.50 bits per heavy atom. The molecule has 0 aliphatic carbocycles. The van der Waals surface area contributed by atoms with Crippen LogP contribution in [0.1, 0.15) is 46.0 Å². The molecule has 3 aliphatic heterocycles. The first kappa shape index (κ1) is 23.3. The number of hydrogen-bond acceptors (Lipinski definition) is 6. The van der Waals surface area contributed by atoms with Gasteiger partial charge in [-0.05, 0) is 51.2 Å². The topological polar surface area (TPSA) is 77.2 Å². The Bertz CT molecular complexity index is 545. The highest BCUT2D eigenvalue weighted by Gasteiger charge is 2.29. The molecule has 2 amide bonds. The van der Waals surface area contributed by atoms with Gasteiger partial charge in [0, 0.05) is 51.4 Å². The summed E-state index contributed by atoms with van der Waals surface area (Å²) < 4.78 is 5.27. The molecule has 2 N–H and O–H groups in total. The predicted molar refractivity (Wildman–Crippen MR) is 117 cm³/mol. The van der Waals surface area contributed by atoms with Crippen LogP contribution in [0.3, 0.4) is 0 Å². The standard InChI is InChI=1S/C22H41N5O3/c1-18(2)17-30-21(28)7-11-25-10-3-4-19(16-25)24-22(29)27-14-12-26(13-15-27)20-5-8-23-9-6-20/h18-20,23H,3-17H2,1-2H3,(H,24,29). The number of nitrogens with one attached hydrogen (secondary N) is 2. The number of likely N-dealkylation sites (tertiary alicyclic amines) is 1. The molecule has 0 aromatic carbocycles. The van der Waals surface area contributed by atoms with Crippen molar-refractivity contribution < 1.29 is 14.3 Å². The molecule has 8 nitrogen and oxygen atoms in total. The van der Waals surface area contributed by atoms with Gasteiger partial charge in [-0.3, -0.25) is 9.69 Å². The Morgan fingerprint density at radius 1 is 1.07 bits per heavy atom. The number of urea groups is 1. The Labute approximate surface area is 181 Å². The lowest BCUT2D eigenvalue weighted by atomic mass is 10.0. The molecule has 0 saturated carbocycles. The fraction of sp³-hybridized carbons (Fsp3) is 0.909. The molecule has 0 radical (unpaired) electrons. The van der Waals surface area contributed by atoms with E-state index >= 15 is 0 Å². The minimum absolute atomic E-state index is 0.0724. The van der Waals surface area contributed by atoms with Crippen molar-refractivity contribution in [1.29, 1.82) is 0 Å². The van der Waals surface area contributed by atoms with Crippen molar-refractivity contribution in [2.45, 2.75) is 58.0 Å². The molecule has 3 rings (SSSR count). The maximum atomic E-state index is 12.8. The molecule has 1 unspecified atom stereocenters. The molecule has 8 heteroatoms. The largest absolute Gasteiger partial charge is 0.465 e. The minimum Gasteiger partial charge on any atom is -0.465 e. The fourth-order valence-electron chi connectivity index (χ4n) is 4.69. The maximum Gasteiger partial charge on any atom is 0.317 e. The summed E-state index contributed by atoms with van der Waals surface area (Å²) in [6.07, 6.45) is 4.92. The second-order valence-electron chi connectivity index (χ2n) is 9.42. The first-order chi connectivity index (χ1) is 14.5. The lowest BCUT2D eigenvalue weighted by Crippen LogP contribution is -2.58. The van der Waals surface area contributed by atoms with E-state index in [-0.39, 0.29) is 18.0 Å². The number of esters is 1. The number of carbonyl (C=O) groups is 2. The van der Waals surface area contributed by atoms with Crippen molar-refractivity contribution >= 4 is 12.0 Å². The zero-order valence-corrected chi connectivity index (χ0v) is 18.9. The van der Waals surface area contributed by atoms with Gasteiger partial charge in [-0.15, -0.1) is 0 Å². The maximum absolute atomic E-state index is 12.8. The molecule has 3 saturated heterocycles. The van der Waals surface area contributed by atoms with E-state index in [1.54, 1.807) is 0 Å². The van der Waals surface area contributed by atoms with Crippen LogP contribution in [0.25, 0.3) is 0 Å². The van der Waals surface area contributed by atoms with Crippen molar-refractivity contribution in [3.8, 4) is 0 Å². The highest BCUT2D eigenvalue weighted by atomic mass is 16.5. The minimum atomic E-state index is -0.124. The highest BCUT2D eigenvalue weighted by Crippen LogP contribution is 2.15. The lowest BCUT2D eigenvalue weighted by molar-refractivity contribution is -0.145. The monoisotopic (exact) mass is 423 g/mol. The number of piperazine rings is 1. The van der Waals surface area contributed by atoms with E-state index in [4.69, 9.17) is 4.74 Å². The van der Waals surface area contributed by atoms with Crippen molar-refractivity contribution in [2.24, 2.45) is 5.92 Å². The summed E-state index contributed by atoms with van der Waals surface area (Å²) in [6, 6.07) is 0.916. The molecular weight excluding hydrogens is 382 g/mol. The van der Waals surface area contributed by atoms with E-state index in [2.05, 4.69) is 20.4 Å². The van der Waals surface area contributed by atoms with Gasteiger partial charge in [-0.1, -0.05) is 13.8 Å². The normalized spacial score (nSPS) is 24.8. The smallest absolute Gasteiger partial charge is 0.317 e. The number of ether oxygens (including phenoxy) is 1. The Hall–Kier alpha value is -1.38. The third kappa shape index (κ3) is 7.39. The van der Waals surface area contributed by atoms with Gasteiger partial charge in [0.15, 0.2) is 0 Å². The summed E-state index contributed by atoms with van der Waals surface area (Å²) in [7, 11) is 0. The highest BCUT2D eigenvalue weighted by molar-refractivity contribution is 5.74. The number of rotatable bonds is 7. The van der Waals surface area contributed by atoms with Crippen LogP contribution in [-0.4, -0.2) is 104 Å². The van der Waals surface area contributed by atoms with Crippen LogP contribution in [0.5, 0.6) is 0 Å². The van der Waals surface area contributed by atoms with Crippen LogP contribution in [0, 0.1) is 5.92 Å². The summed E-state index contributed by atoms with van der Waals surface area (Å²) in [5, 5.41) is 6.67. The molecule has 0 aromatic rings. The molecule has 3 fully saturated rings. The average molecular weight is 424 g/mol. The third-order valence-electron chi connectivity index (χ3n) is 6.47. The van der Waals surface area contributed by atoms with Crippen LogP contribution in [0.2, 0.25) is 0 Å². The summed E-state index contributed by atoms with van der Waals surface area (Å²) in [5.74, 6) is 0.242. The van der Waals surface area contributed by atoms with Gasteiger partial charge in [0.1, 0.15) is 0 Å². The number of amides is 2. The van der Waals surface area contributed by atoms with Crippen LogP contribution in [0.4, 0.5) is 4.79 Å². The Balaban J connectivity index is 1.34. The molecule has 0 spiro atoms. The SMILES string of the molecule is CC(C)COC(=O)CCN1CCCC(NC(=O)N2CCN(C3CCNCC3)CC2)C1. The molecular formula is C22H41N5O3. The molecule has 3 heterocycles. The van der Waals surface area contributed by atoms with Gasteiger partial charge in [0.05, 0.1) is 13.0 Å². The number of hydrogen-bond donors (Lipinski definition) is 2. The van der Waals surface area contributed by atoms with E-state index in [1.165, 1.54) is 12.8 Å². The van der Waals surface area contributed by atoms with Gasteiger partial charge in [0.25, 0.3) is 0 Å². The summed E-state index contributed by atoms with van der Waals surface area (Å²) in [4.78, 5) is 31.4. The third-order valence-corrected chi connectivity index (χ3v) is 6.47. The van der Waals surface area contributed by atoms with Crippen LogP contribution < -0.4 is 10.6 Å². The second kappa shape index (κ2) is 11.9. The van der Waals surface area contributed by atoms with E-state index in [9.17, 15) is 9.59 Å². The first-order valence-corrected chi connectivity index (χ1v) is 11.9. The Morgan fingerprint density at radius 2 is 1.80 bits per heavy atom. The second-order valence-corrected chi connectivity index (χ2v) is 9.42. The van der Waals surface area contributed by atoms with E-state index in [0.717, 1.165) is 65.2 Å². The van der Waals surface area contributed by atoms with Crippen LogP contribution in [0.15, 0.2) is 0 Å². The van der Waals surface area contributed by atoms with Gasteiger partial charge in [-0.2, -0.15) is 0 Å². The zero-order valence-electron chi connectivity index (χ0n) is 18.9. The lowest BCUT2D eigenvalue weighted by Gasteiger charge is -2.41. The van der Waals surface area contributed by atoms with Crippen molar-refractivity contribution in [2.75, 3.05) is 65.5 Å². The quantitative estimate of drug-likeness (QED) is 0.598. The van der Waals surface area contributed by atoms with E-state index < -0.39 is 0 Å². The number of carbonyl (C=O) groups excluding carboxylic acids is 2. The molecule has 172 valence electrons. The Kier molecular flexibility index (Phi) is 9.21. The van der Waals surface area contributed by atoms with Crippen molar-refractivity contribution in [3.63, 3.8) is 0 Å². The molecule has 0 aromatic heterocycles. The van der Waals surface area contributed by atoms with Crippen molar-refractivity contribution in [1.82, 2.24) is 25.3 Å². The van der Waals surface area contributed by atoms with Crippen molar-refractivity contribution in [3.05, 3.63) is 0 Å². The summed E-state index contributed by atoms with van der Waals surface area (Å²) in [5.41, 5.74) is 0. The first-order valence-electron chi connectivity index (χ1n) is 11.9. The summed E-state index contributed by atoms with van der Waals surface area (Å²) in [6.45, 7) is 12.9. The van der Waals surface area contributed by atoms with Gasteiger partial charge in [-0.25, -0.2) is 4.79 Å². The molecule has 30 heavy (non-hydrogen) atoms. The van der Waals surface area contributed by atoms with Gasteiger partial charge >= 0.3 is 12.0 Å². The predicted octanol–water partition coefficient (Wildman–Crippen LogP) is 1.12. The number of piperidine rings is 2. The average Bonchev–Trinajstić information content (AvgIpc) is 2.77. The van der Waals surface area contributed by atoms with Crippen LogP contribution in [-0.2, 0) is 9.53 Å². The molecule has 3 aliphatic rings. The fourth-order valence-corrected chi connectivity index (χ4v) is 4.69. The molecule has 1 atom stereocenters. The molecule has 0 bridgehead atoms. The zero-order chi connectivity index (χ0) is 21.3. The van der Waals surface area contributed by atoms with Crippen LogP contribution >= 0.6 is 0 Å². The van der Waals surface area contributed by atoms with E-state index in [1.807, 2.05) is 18.7 Å². The van der Waals surface area contributed by atoms with Gasteiger partial charge < -0.3 is 25.2 Å². The number of nitrogens with zero attached hydrogens (tertiary/aromatic N) is 3. The van der Waals surface area contributed by atoms with Gasteiger partial charge in [0.2, 0.25) is 0 Å². The summed E-state index contributed by atoms with van der Waals surface area (Å²) >= 11 is 0.